The number of hydrogen-bond donors (Lipinski definition) is 1. The molecule has 0 atom stereocenters. The van der Waals surface area contributed by atoms with Crippen LogP contribution in [-0.2, 0) is 22.8 Å². The predicted molar refractivity (Wildman–Crippen MR) is 180 cm³/mol. The van der Waals surface area contributed by atoms with Crippen LogP contribution in [0.25, 0.3) is 6.08 Å². The lowest BCUT2D eigenvalue weighted by atomic mass is 10.1. The van der Waals surface area contributed by atoms with E-state index in [9.17, 15) is 14.4 Å². The summed E-state index contributed by atoms with van der Waals surface area (Å²) < 4.78 is 19.0. The third kappa shape index (κ3) is 7.37. The van der Waals surface area contributed by atoms with Gasteiger partial charge in [0.2, 0.25) is 0 Å². The Kier molecular flexibility index (Phi) is 10.1. The molecule has 1 aliphatic rings. The van der Waals surface area contributed by atoms with Crippen LogP contribution >= 0.6 is 61.7 Å². The zero-order valence-electron chi connectivity index (χ0n) is 22.9. The third-order valence-electron chi connectivity index (χ3n) is 6.47. The first-order valence-electron chi connectivity index (χ1n) is 13.0. The first-order chi connectivity index (χ1) is 21.1. The average molecular weight is 808 g/mol. The second-order valence-corrected chi connectivity index (χ2v) is 12.3. The number of methoxy groups -OCH3 is 1. The van der Waals surface area contributed by atoms with Crippen LogP contribution in [0, 0.1) is 3.57 Å². The van der Waals surface area contributed by atoms with Gasteiger partial charge in [-0.3, -0.25) is 14.9 Å². The Hall–Kier alpha value is -3.58. The average Bonchev–Trinajstić information content (AvgIpc) is 2.99. The van der Waals surface area contributed by atoms with Crippen molar-refractivity contribution in [1.82, 2.24) is 5.32 Å². The summed E-state index contributed by atoms with van der Waals surface area (Å²) in [6, 6.07) is 21.8. The van der Waals surface area contributed by atoms with Gasteiger partial charge in [-0.1, -0.05) is 57.3 Å². The molecule has 4 amide bonds. The Morgan fingerprint density at radius 1 is 0.909 bits per heavy atom. The summed E-state index contributed by atoms with van der Waals surface area (Å²) in [5.41, 5.74) is 2.26. The highest BCUT2D eigenvalue weighted by Crippen LogP contribution is 2.36. The second kappa shape index (κ2) is 14.0. The van der Waals surface area contributed by atoms with Gasteiger partial charge in [-0.2, -0.15) is 0 Å². The minimum atomic E-state index is -0.850. The summed E-state index contributed by atoms with van der Waals surface area (Å²) in [6.07, 6.45) is 1.40. The van der Waals surface area contributed by atoms with Crippen LogP contribution in [0.3, 0.4) is 0 Å². The van der Waals surface area contributed by atoms with Gasteiger partial charge >= 0.3 is 6.03 Å². The number of nitrogens with one attached hydrogen (secondary N) is 1. The Morgan fingerprint density at radius 2 is 1.64 bits per heavy atom. The molecular formula is C32H22BrCl2IN2O6. The zero-order valence-corrected chi connectivity index (χ0v) is 28.2. The number of halogens is 4. The molecule has 4 aromatic carbocycles. The van der Waals surface area contributed by atoms with Crippen molar-refractivity contribution >= 4 is 91.3 Å². The highest BCUT2D eigenvalue weighted by atomic mass is 127. The lowest BCUT2D eigenvalue weighted by molar-refractivity contribution is -0.122. The van der Waals surface area contributed by atoms with Gasteiger partial charge in [0.25, 0.3) is 11.8 Å². The summed E-state index contributed by atoms with van der Waals surface area (Å²) >= 11 is 17.7. The van der Waals surface area contributed by atoms with Crippen LogP contribution in [0.2, 0.25) is 10.0 Å². The van der Waals surface area contributed by atoms with Crippen LogP contribution < -0.4 is 24.4 Å². The lowest BCUT2D eigenvalue weighted by Gasteiger charge is -2.26. The highest BCUT2D eigenvalue weighted by Gasteiger charge is 2.37. The van der Waals surface area contributed by atoms with E-state index in [-0.39, 0.29) is 17.9 Å². The lowest BCUT2D eigenvalue weighted by Crippen LogP contribution is -2.54. The molecule has 1 aliphatic heterocycles. The fourth-order valence-electron chi connectivity index (χ4n) is 4.25. The van der Waals surface area contributed by atoms with Crippen molar-refractivity contribution in [2.75, 3.05) is 12.0 Å². The fourth-order valence-corrected chi connectivity index (χ4v) is 5.76. The number of amides is 4. The number of barbiturate groups is 1. The molecule has 5 rings (SSSR count). The van der Waals surface area contributed by atoms with Gasteiger partial charge in [0.05, 0.1) is 16.4 Å². The van der Waals surface area contributed by atoms with Gasteiger partial charge in [-0.05, 0) is 100 Å². The van der Waals surface area contributed by atoms with E-state index < -0.39 is 17.8 Å². The normalized spacial score (nSPS) is 14.1. The van der Waals surface area contributed by atoms with Gasteiger partial charge in [-0.15, -0.1) is 0 Å². The molecule has 1 fully saturated rings. The van der Waals surface area contributed by atoms with E-state index in [0.29, 0.717) is 43.0 Å². The monoisotopic (exact) mass is 806 g/mol. The summed E-state index contributed by atoms with van der Waals surface area (Å²) in [7, 11) is 1.48. The molecule has 44 heavy (non-hydrogen) atoms. The summed E-state index contributed by atoms with van der Waals surface area (Å²) in [5, 5.41) is 3.23. The molecule has 1 heterocycles. The highest BCUT2D eigenvalue weighted by molar-refractivity contribution is 14.1. The van der Waals surface area contributed by atoms with E-state index in [1.165, 1.54) is 13.2 Å². The van der Waals surface area contributed by atoms with Crippen molar-refractivity contribution in [2.24, 2.45) is 0 Å². The smallest absolute Gasteiger partial charge is 0.335 e. The minimum absolute atomic E-state index is 0.162. The molecule has 0 radical (unpaired) electrons. The molecule has 0 bridgehead atoms. The van der Waals surface area contributed by atoms with Crippen LogP contribution in [0.1, 0.15) is 16.7 Å². The molecule has 1 saturated heterocycles. The largest absolute Gasteiger partial charge is 0.493 e. The van der Waals surface area contributed by atoms with E-state index in [1.54, 1.807) is 54.6 Å². The summed E-state index contributed by atoms with van der Waals surface area (Å²) in [6.45, 7) is 0.507. The van der Waals surface area contributed by atoms with E-state index in [4.69, 9.17) is 37.4 Å². The zero-order chi connectivity index (χ0) is 31.4. The molecule has 4 aromatic rings. The molecule has 1 N–H and O–H groups in total. The van der Waals surface area contributed by atoms with Crippen LogP contribution in [-0.4, -0.2) is 25.0 Å². The number of nitrogens with zero attached hydrogens (tertiary/aromatic N) is 1. The van der Waals surface area contributed by atoms with Crippen molar-refractivity contribution in [1.29, 1.82) is 0 Å². The Bertz CT molecular complexity index is 1780. The molecule has 0 spiro atoms. The number of rotatable bonds is 9. The van der Waals surface area contributed by atoms with E-state index >= 15 is 0 Å². The van der Waals surface area contributed by atoms with Crippen LogP contribution in [0.5, 0.6) is 17.2 Å². The van der Waals surface area contributed by atoms with E-state index in [1.807, 2.05) is 24.3 Å². The number of benzene rings is 4. The van der Waals surface area contributed by atoms with Crippen molar-refractivity contribution in [3.05, 3.63) is 119 Å². The van der Waals surface area contributed by atoms with Crippen LogP contribution in [0.4, 0.5) is 10.5 Å². The molecular weight excluding hydrogens is 786 g/mol. The molecule has 12 heteroatoms. The van der Waals surface area contributed by atoms with Gasteiger partial charge in [0.1, 0.15) is 24.5 Å². The van der Waals surface area contributed by atoms with Gasteiger partial charge in [-0.25, -0.2) is 9.69 Å². The molecule has 0 aliphatic carbocycles. The summed E-state index contributed by atoms with van der Waals surface area (Å²) in [4.78, 5) is 39.8. The maximum Gasteiger partial charge on any atom is 0.335 e. The quantitative estimate of drug-likeness (QED) is 0.104. The second-order valence-electron chi connectivity index (χ2n) is 9.43. The van der Waals surface area contributed by atoms with Crippen molar-refractivity contribution in [2.45, 2.75) is 13.2 Å². The summed E-state index contributed by atoms with van der Waals surface area (Å²) in [5.74, 6) is -0.189. The Labute approximate surface area is 285 Å². The maximum absolute atomic E-state index is 13.5. The number of urea groups is 1. The Balaban J connectivity index is 1.34. The van der Waals surface area contributed by atoms with E-state index in [0.717, 1.165) is 20.5 Å². The molecule has 0 aromatic heterocycles. The van der Waals surface area contributed by atoms with Gasteiger partial charge < -0.3 is 14.2 Å². The molecule has 224 valence electrons. The first-order valence-corrected chi connectivity index (χ1v) is 15.6. The Morgan fingerprint density at radius 3 is 2.32 bits per heavy atom. The van der Waals surface area contributed by atoms with Crippen molar-refractivity contribution in [3.8, 4) is 17.2 Å². The molecule has 0 unspecified atom stereocenters. The van der Waals surface area contributed by atoms with E-state index in [2.05, 4.69) is 43.8 Å². The van der Waals surface area contributed by atoms with Crippen LogP contribution in [0.15, 0.2) is 88.9 Å². The maximum atomic E-state index is 13.5. The molecule has 8 nitrogen and oxygen atoms in total. The minimum Gasteiger partial charge on any atom is -0.493 e. The number of carbonyl (C=O) groups is 3. The molecule has 0 saturated carbocycles. The topological polar surface area (TPSA) is 94.2 Å². The number of ether oxygens (including phenoxy) is 3. The van der Waals surface area contributed by atoms with Gasteiger partial charge in [0, 0.05) is 20.1 Å². The third-order valence-corrected chi connectivity index (χ3v) is 8.38. The number of hydrogen-bond acceptors (Lipinski definition) is 6. The van der Waals surface area contributed by atoms with Crippen molar-refractivity contribution in [3.63, 3.8) is 0 Å². The standard InChI is InChI=1S/C32H22BrCl2IN2O6/c1-42-28-14-19(13-27(36)29(28)44-17-20-4-7-22(34)15-26(20)35)12-25-30(39)37-32(41)38(31(25)40)23-8-10-24(11-9-23)43-16-18-2-5-21(33)6-3-18/h2-15H,16-17H2,1H3,(H,37,39,41)/b25-12+. The fraction of sp³-hybridized carbons (Fsp3) is 0.0938. The number of imide groups is 2. The number of carbonyl (C=O) groups excluding carboxylic acids is 3. The first kappa shape index (κ1) is 31.8. The van der Waals surface area contributed by atoms with Gasteiger partial charge in [0.15, 0.2) is 11.5 Å². The number of anilines is 1. The van der Waals surface area contributed by atoms with Crippen molar-refractivity contribution < 1.29 is 28.6 Å². The SMILES string of the molecule is COc1cc(/C=C2\C(=O)NC(=O)N(c3ccc(OCc4ccc(Br)cc4)cc3)C2=O)cc(I)c1OCc1ccc(Cl)cc1Cl. The predicted octanol–water partition coefficient (Wildman–Crippen LogP) is 8.19.